The molecule has 0 aliphatic carbocycles. The molecule has 1 unspecified atom stereocenters. The van der Waals surface area contributed by atoms with Crippen molar-refractivity contribution in [2.45, 2.75) is 26.0 Å². The Morgan fingerprint density at radius 1 is 1.06 bits per heavy atom. The summed E-state index contributed by atoms with van der Waals surface area (Å²) in [6, 6.07) is 16.1. The summed E-state index contributed by atoms with van der Waals surface area (Å²) in [4.78, 5) is 31.6. The summed E-state index contributed by atoms with van der Waals surface area (Å²) in [6.07, 6.45) is 1.44. The zero-order valence-corrected chi connectivity index (χ0v) is 17.5. The van der Waals surface area contributed by atoms with E-state index in [0.717, 1.165) is 11.0 Å². The summed E-state index contributed by atoms with van der Waals surface area (Å²) in [5, 5.41) is 11.1. The van der Waals surface area contributed by atoms with Crippen LogP contribution >= 0.6 is 0 Å². The van der Waals surface area contributed by atoms with Crippen LogP contribution in [-0.2, 0) is 9.59 Å². The fourth-order valence-electron chi connectivity index (χ4n) is 3.69. The van der Waals surface area contributed by atoms with Crippen molar-refractivity contribution in [3.8, 4) is 5.75 Å². The number of hydrogen-bond acceptors (Lipinski definition) is 5. The first kappa shape index (κ1) is 21.2. The highest BCUT2D eigenvalue weighted by molar-refractivity contribution is 6.51. The molecule has 6 nitrogen and oxygen atoms in total. The van der Waals surface area contributed by atoms with Crippen LogP contribution in [0.2, 0.25) is 0 Å². The van der Waals surface area contributed by atoms with Gasteiger partial charge in [0.2, 0.25) is 0 Å². The molecular weight excluding hydrogens is 411 g/mol. The summed E-state index contributed by atoms with van der Waals surface area (Å²) in [5.41, 5.74) is 0.756. The Morgan fingerprint density at radius 2 is 1.84 bits per heavy atom. The van der Waals surface area contributed by atoms with Gasteiger partial charge in [-0.3, -0.25) is 19.5 Å². The van der Waals surface area contributed by atoms with Crippen LogP contribution in [0.15, 0.2) is 78.5 Å². The number of ether oxygens (including phenoxy) is 1. The van der Waals surface area contributed by atoms with Gasteiger partial charge in [0, 0.05) is 17.4 Å². The molecule has 1 fully saturated rings. The molecule has 0 bridgehead atoms. The topological polar surface area (TPSA) is 79.7 Å². The quantitative estimate of drug-likeness (QED) is 0.361. The van der Waals surface area contributed by atoms with Gasteiger partial charge in [0.25, 0.3) is 11.7 Å². The average Bonchev–Trinajstić information content (AvgIpc) is 3.04. The number of aromatic nitrogens is 1. The molecule has 1 aliphatic heterocycles. The molecule has 162 valence electrons. The van der Waals surface area contributed by atoms with E-state index < -0.39 is 23.5 Å². The van der Waals surface area contributed by atoms with Crippen LogP contribution in [0.25, 0.3) is 5.76 Å². The van der Waals surface area contributed by atoms with Gasteiger partial charge in [-0.15, -0.1) is 0 Å². The van der Waals surface area contributed by atoms with Gasteiger partial charge in [-0.1, -0.05) is 24.3 Å². The Kier molecular flexibility index (Phi) is 5.73. The van der Waals surface area contributed by atoms with Crippen LogP contribution in [0.3, 0.4) is 0 Å². The third-order valence-electron chi connectivity index (χ3n) is 4.98. The lowest BCUT2D eigenvalue weighted by atomic mass is 9.98. The molecule has 1 aliphatic rings. The molecule has 0 radical (unpaired) electrons. The Hall–Kier alpha value is -4.00. The number of pyridine rings is 1. The van der Waals surface area contributed by atoms with Crippen molar-refractivity contribution in [1.82, 2.24) is 4.98 Å². The van der Waals surface area contributed by atoms with Crippen LogP contribution in [-0.4, -0.2) is 27.9 Å². The predicted molar refractivity (Wildman–Crippen MR) is 118 cm³/mol. The standard InChI is InChI=1S/C25H21FN2O4/c1-15(2)32-19-10-5-7-16(13-19)23(29)21-22(20-11-3-4-12-27-20)28(25(31)24(21)30)18-9-6-8-17(26)14-18/h3-15,22,29H,1-2H3/b23-21+. The molecular formula is C25H21FN2O4. The van der Waals surface area contributed by atoms with Gasteiger partial charge < -0.3 is 9.84 Å². The number of aliphatic hydroxyl groups excluding tert-OH is 1. The van der Waals surface area contributed by atoms with Gasteiger partial charge in [-0.2, -0.15) is 0 Å². The summed E-state index contributed by atoms with van der Waals surface area (Å²) >= 11 is 0. The maximum atomic E-state index is 13.9. The number of hydrogen-bond donors (Lipinski definition) is 1. The highest BCUT2D eigenvalue weighted by Crippen LogP contribution is 2.41. The van der Waals surface area contributed by atoms with Gasteiger partial charge in [-0.25, -0.2) is 4.39 Å². The second kappa shape index (κ2) is 8.63. The first-order valence-corrected chi connectivity index (χ1v) is 10.1. The second-order valence-electron chi connectivity index (χ2n) is 7.60. The summed E-state index contributed by atoms with van der Waals surface area (Å²) < 4.78 is 19.6. The first-order chi connectivity index (χ1) is 15.4. The molecule has 1 aromatic heterocycles. The molecule has 0 saturated carbocycles. The smallest absolute Gasteiger partial charge is 0.300 e. The summed E-state index contributed by atoms with van der Waals surface area (Å²) in [7, 11) is 0. The van der Waals surface area contributed by atoms with Crippen molar-refractivity contribution in [2.75, 3.05) is 4.90 Å². The zero-order chi connectivity index (χ0) is 22.8. The van der Waals surface area contributed by atoms with Crippen LogP contribution in [0, 0.1) is 5.82 Å². The molecule has 1 saturated heterocycles. The number of benzene rings is 2. The van der Waals surface area contributed by atoms with E-state index in [1.807, 2.05) is 13.8 Å². The molecule has 7 heteroatoms. The van der Waals surface area contributed by atoms with Gasteiger partial charge in [0.05, 0.1) is 17.4 Å². The molecule has 0 spiro atoms. The largest absolute Gasteiger partial charge is 0.507 e. The van der Waals surface area contributed by atoms with Crippen molar-refractivity contribution in [1.29, 1.82) is 0 Å². The lowest BCUT2D eigenvalue weighted by Gasteiger charge is -2.24. The van der Waals surface area contributed by atoms with Crippen LogP contribution in [0.1, 0.15) is 31.1 Å². The van der Waals surface area contributed by atoms with Crippen molar-refractivity contribution >= 4 is 23.1 Å². The highest BCUT2D eigenvalue weighted by atomic mass is 19.1. The van der Waals surface area contributed by atoms with E-state index in [1.165, 1.54) is 24.4 Å². The van der Waals surface area contributed by atoms with Crippen molar-refractivity contribution in [3.63, 3.8) is 0 Å². The van der Waals surface area contributed by atoms with E-state index in [1.54, 1.807) is 42.5 Å². The maximum absolute atomic E-state index is 13.9. The molecule has 2 aromatic carbocycles. The molecule has 1 N–H and O–H groups in total. The normalized spacial score (nSPS) is 17.8. The minimum Gasteiger partial charge on any atom is -0.507 e. The summed E-state index contributed by atoms with van der Waals surface area (Å²) in [6.45, 7) is 3.75. The third-order valence-corrected chi connectivity index (χ3v) is 4.98. The lowest BCUT2D eigenvalue weighted by molar-refractivity contribution is -0.132. The highest BCUT2D eigenvalue weighted by Gasteiger charge is 2.47. The Bertz CT molecular complexity index is 1210. The van der Waals surface area contributed by atoms with Gasteiger partial charge in [0.15, 0.2) is 0 Å². The predicted octanol–water partition coefficient (Wildman–Crippen LogP) is 4.63. The number of carbonyl (C=O) groups excluding carboxylic acids is 2. The number of halogens is 1. The van der Waals surface area contributed by atoms with Crippen molar-refractivity contribution in [3.05, 3.63) is 95.6 Å². The zero-order valence-electron chi connectivity index (χ0n) is 17.5. The van der Waals surface area contributed by atoms with Crippen LogP contribution < -0.4 is 9.64 Å². The fourth-order valence-corrected chi connectivity index (χ4v) is 3.69. The number of ketones is 1. The number of anilines is 1. The second-order valence-corrected chi connectivity index (χ2v) is 7.60. The van der Waals surface area contributed by atoms with E-state index in [2.05, 4.69) is 4.98 Å². The number of aliphatic hydroxyl groups is 1. The van der Waals surface area contributed by atoms with Crippen molar-refractivity contribution in [2.24, 2.45) is 0 Å². The lowest BCUT2D eigenvalue weighted by Crippen LogP contribution is -2.29. The maximum Gasteiger partial charge on any atom is 0.300 e. The minimum absolute atomic E-state index is 0.0838. The molecule has 1 amide bonds. The molecule has 1 atom stereocenters. The molecule has 4 rings (SSSR count). The van der Waals surface area contributed by atoms with E-state index in [0.29, 0.717) is 17.0 Å². The number of Topliss-reactive ketones (excluding diaryl/α,β-unsaturated/α-hetero) is 1. The van der Waals surface area contributed by atoms with E-state index in [9.17, 15) is 19.1 Å². The minimum atomic E-state index is -1.02. The number of rotatable bonds is 5. The number of carbonyl (C=O) groups is 2. The molecule has 32 heavy (non-hydrogen) atoms. The van der Waals surface area contributed by atoms with Crippen molar-refractivity contribution < 1.29 is 23.8 Å². The Balaban J connectivity index is 1.90. The van der Waals surface area contributed by atoms with E-state index >= 15 is 0 Å². The summed E-state index contributed by atoms with van der Waals surface area (Å²) in [5.74, 6) is -2.15. The average molecular weight is 432 g/mol. The van der Waals surface area contributed by atoms with Crippen LogP contribution in [0.4, 0.5) is 10.1 Å². The third kappa shape index (κ3) is 3.97. The van der Waals surface area contributed by atoms with E-state index in [4.69, 9.17) is 4.74 Å². The van der Waals surface area contributed by atoms with Crippen LogP contribution in [0.5, 0.6) is 5.75 Å². The van der Waals surface area contributed by atoms with Gasteiger partial charge in [-0.05, 0) is 56.3 Å². The Labute approximate surface area is 184 Å². The Morgan fingerprint density at radius 3 is 2.53 bits per heavy atom. The van der Waals surface area contributed by atoms with E-state index in [-0.39, 0.29) is 23.1 Å². The fraction of sp³-hybridized carbons (Fsp3) is 0.160. The van der Waals surface area contributed by atoms with Gasteiger partial charge >= 0.3 is 0 Å². The molecule has 3 aromatic rings. The number of amides is 1. The van der Waals surface area contributed by atoms with Gasteiger partial charge in [0.1, 0.15) is 23.4 Å². The monoisotopic (exact) mass is 432 g/mol. The SMILES string of the molecule is CC(C)Oc1cccc(/C(O)=C2\C(=O)C(=O)N(c3cccc(F)c3)C2c2ccccn2)c1. The first-order valence-electron chi connectivity index (χ1n) is 10.1. The molecule has 2 heterocycles. The number of nitrogens with zero attached hydrogens (tertiary/aromatic N) is 2.